The second-order valence-electron chi connectivity index (χ2n) is 6.37. The summed E-state index contributed by atoms with van der Waals surface area (Å²) in [4.78, 5) is 62.5. The molecular formula is C18H19N3O6. The molecule has 9 heteroatoms. The Hall–Kier alpha value is -3.23. The quantitative estimate of drug-likeness (QED) is 0.470. The summed E-state index contributed by atoms with van der Waals surface area (Å²) in [5.41, 5.74) is 0.323. The number of nitrogens with one attached hydrogen (secondary N) is 1. The molecule has 0 unspecified atom stereocenters. The first-order valence-corrected chi connectivity index (χ1v) is 8.60. The van der Waals surface area contributed by atoms with Gasteiger partial charge >= 0.3 is 23.8 Å². The number of esters is 1. The Morgan fingerprint density at radius 3 is 2.44 bits per heavy atom. The van der Waals surface area contributed by atoms with E-state index in [0.717, 1.165) is 17.7 Å². The van der Waals surface area contributed by atoms with Crippen LogP contribution in [-0.2, 0) is 19.1 Å². The number of methoxy groups -OCH3 is 1. The molecule has 27 heavy (non-hydrogen) atoms. The van der Waals surface area contributed by atoms with Gasteiger partial charge in [-0.25, -0.2) is 14.5 Å². The van der Waals surface area contributed by atoms with Crippen molar-refractivity contribution < 1.29 is 28.7 Å². The van der Waals surface area contributed by atoms with Gasteiger partial charge in [0.1, 0.15) is 6.54 Å². The number of benzene rings is 1. The van der Waals surface area contributed by atoms with Gasteiger partial charge in [0.15, 0.2) is 0 Å². The van der Waals surface area contributed by atoms with E-state index in [0.29, 0.717) is 17.7 Å². The second-order valence-corrected chi connectivity index (χ2v) is 6.37. The van der Waals surface area contributed by atoms with Gasteiger partial charge in [-0.2, -0.15) is 0 Å². The predicted octanol–water partition coefficient (Wildman–Crippen LogP) is 1.15. The molecule has 1 aliphatic carbocycles. The standard InChI is InChI=1S/C18H19N3O6/c1-27-17(25)12-8-4-5-9-13(12)19-14(22)10-20-15(23)16(24)21(18(20)26)11-6-2-3-7-11/h4-5,8-9,11H,2-3,6-7,10H2,1H3,(H,19,22). The Bertz CT molecular complexity index is 815. The van der Waals surface area contributed by atoms with E-state index in [-0.39, 0.29) is 17.3 Å². The van der Waals surface area contributed by atoms with Crippen molar-refractivity contribution in [2.75, 3.05) is 19.0 Å². The highest BCUT2D eigenvalue weighted by atomic mass is 16.5. The van der Waals surface area contributed by atoms with Crippen molar-refractivity contribution in [3.8, 4) is 0 Å². The number of ether oxygens (including phenoxy) is 1. The Balaban J connectivity index is 1.71. The number of hydrogen-bond donors (Lipinski definition) is 1. The number of amides is 5. The van der Waals surface area contributed by atoms with Crippen LogP contribution in [0.5, 0.6) is 0 Å². The third-order valence-corrected chi connectivity index (χ3v) is 4.68. The maximum absolute atomic E-state index is 12.5. The van der Waals surface area contributed by atoms with Gasteiger partial charge in [-0.3, -0.25) is 19.3 Å². The molecule has 1 heterocycles. The van der Waals surface area contributed by atoms with E-state index >= 15 is 0 Å². The average Bonchev–Trinajstić information content (AvgIpc) is 3.25. The number of carbonyl (C=O) groups excluding carboxylic acids is 5. The highest BCUT2D eigenvalue weighted by molar-refractivity contribution is 6.45. The van der Waals surface area contributed by atoms with E-state index in [9.17, 15) is 24.0 Å². The van der Waals surface area contributed by atoms with Crippen LogP contribution in [0.2, 0.25) is 0 Å². The lowest BCUT2D eigenvalue weighted by Gasteiger charge is -2.21. The molecular weight excluding hydrogens is 354 g/mol. The maximum Gasteiger partial charge on any atom is 0.339 e. The van der Waals surface area contributed by atoms with E-state index in [2.05, 4.69) is 10.1 Å². The summed E-state index contributed by atoms with van der Waals surface area (Å²) in [5, 5.41) is 2.48. The van der Waals surface area contributed by atoms with Crippen molar-refractivity contribution in [2.45, 2.75) is 31.7 Å². The topological polar surface area (TPSA) is 113 Å². The van der Waals surface area contributed by atoms with Gasteiger partial charge in [0.25, 0.3) is 0 Å². The fraction of sp³-hybridized carbons (Fsp3) is 0.389. The maximum atomic E-state index is 12.5. The van der Waals surface area contributed by atoms with Gasteiger partial charge in [0.2, 0.25) is 5.91 Å². The fourth-order valence-electron chi connectivity index (χ4n) is 3.36. The number of urea groups is 1. The van der Waals surface area contributed by atoms with Crippen LogP contribution in [0.3, 0.4) is 0 Å². The fourth-order valence-corrected chi connectivity index (χ4v) is 3.36. The highest BCUT2D eigenvalue weighted by Crippen LogP contribution is 2.27. The van der Waals surface area contributed by atoms with E-state index in [1.54, 1.807) is 12.1 Å². The Morgan fingerprint density at radius 2 is 1.78 bits per heavy atom. The molecule has 0 bridgehead atoms. The van der Waals surface area contributed by atoms with E-state index < -0.39 is 36.3 Å². The van der Waals surface area contributed by atoms with Crippen molar-refractivity contribution in [1.82, 2.24) is 9.80 Å². The van der Waals surface area contributed by atoms with Crippen molar-refractivity contribution in [1.29, 1.82) is 0 Å². The number of imide groups is 2. The zero-order chi connectivity index (χ0) is 19.6. The SMILES string of the molecule is COC(=O)c1ccccc1NC(=O)CN1C(=O)C(=O)N(C2CCCC2)C1=O. The molecule has 2 fully saturated rings. The van der Waals surface area contributed by atoms with Gasteiger partial charge < -0.3 is 10.1 Å². The van der Waals surface area contributed by atoms with E-state index in [4.69, 9.17) is 0 Å². The molecule has 0 aromatic heterocycles. The van der Waals surface area contributed by atoms with Gasteiger partial charge in [-0.05, 0) is 25.0 Å². The molecule has 1 aromatic carbocycles. The summed E-state index contributed by atoms with van der Waals surface area (Å²) < 4.78 is 4.65. The molecule has 0 radical (unpaired) electrons. The van der Waals surface area contributed by atoms with Gasteiger partial charge in [-0.15, -0.1) is 0 Å². The number of hydrogen-bond acceptors (Lipinski definition) is 6. The molecule has 2 aliphatic rings. The number of carbonyl (C=O) groups is 5. The van der Waals surface area contributed by atoms with Gasteiger partial charge in [-0.1, -0.05) is 25.0 Å². The molecule has 0 atom stereocenters. The molecule has 1 saturated heterocycles. The number of nitrogens with zero attached hydrogens (tertiary/aromatic N) is 2. The van der Waals surface area contributed by atoms with Crippen LogP contribution in [0.4, 0.5) is 10.5 Å². The highest BCUT2D eigenvalue weighted by Gasteiger charge is 2.48. The molecule has 142 valence electrons. The summed E-state index contributed by atoms with van der Waals surface area (Å²) in [6, 6.07) is 5.12. The molecule has 1 aliphatic heterocycles. The van der Waals surface area contributed by atoms with Crippen LogP contribution in [0.15, 0.2) is 24.3 Å². The molecule has 1 aromatic rings. The first-order valence-electron chi connectivity index (χ1n) is 8.60. The van der Waals surface area contributed by atoms with Crippen LogP contribution in [0, 0.1) is 0 Å². The summed E-state index contributed by atoms with van der Waals surface area (Å²) in [6.45, 7) is -0.609. The van der Waals surface area contributed by atoms with E-state index in [1.807, 2.05) is 0 Å². The van der Waals surface area contributed by atoms with Gasteiger partial charge in [0.05, 0.1) is 18.4 Å². The lowest BCUT2D eigenvalue weighted by molar-refractivity contribution is -0.144. The predicted molar refractivity (Wildman–Crippen MR) is 92.6 cm³/mol. The first kappa shape index (κ1) is 18.6. The monoisotopic (exact) mass is 373 g/mol. The van der Waals surface area contributed by atoms with Crippen LogP contribution in [0.25, 0.3) is 0 Å². The average molecular weight is 373 g/mol. The first-order chi connectivity index (χ1) is 12.9. The minimum atomic E-state index is -1.01. The Morgan fingerprint density at radius 1 is 1.11 bits per heavy atom. The third kappa shape index (κ3) is 3.53. The summed E-state index contributed by atoms with van der Waals surface area (Å²) in [6.07, 6.45) is 3.11. The number of anilines is 1. The molecule has 1 saturated carbocycles. The molecule has 3 rings (SSSR count). The molecule has 9 nitrogen and oxygen atoms in total. The van der Waals surface area contributed by atoms with Crippen LogP contribution < -0.4 is 5.32 Å². The second kappa shape index (κ2) is 7.56. The summed E-state index contributed by atoms with van der Waals surface area (Å²) in [5.74, 6) is -3.24. The summed E-state index contributed by atoms with van der Waals surface area (Å²) in [7, 11) is 1.21. The number of para-hydroxylation sites is 1. The zero-order valence-corrected chi connectivity index (χ0v) is 14.8. The summed E-state index contributed by atoms with van der Waals surface area (Å²) >= 11 is 0. The molecule has 1 N–H and O–H groups in total. The van der Waals surface area contributed by atoms with Crippen LogP contribution in [-0.4, -0.2) is 59.2 Å². The van der Waals surface area contributed by atoms with Crippen LogP contribution >= 0.6 is 0 Å². The zero-order valence-electron chi connectivity index (χ0n) is 14.8. The Labute approximate surface area is 155 Å². The lowest BCUT2D eigenvalue weighted by atomic mass is 10.2. The van der Waals surface area contributed by atoms with Crippen molar-refractivity contribution in [2.24, 2.45) is 0 Å². The van der Waals surface area contributed by atoms with Crippen molar-refractivity contribution >= 4 is 35.4 Å². The lowest BCUT2D eigenvalue weighted by Crippen LogP contribution is -2.41. The smallest absolute Gasteiger partial charge is 0.339 e. The third-order valence-electron chi connectivity index (χ3n) is 4.68. The number of rotatable bonds is 5. The normalized spacial score (nSPS) is 17.6. The van der Waals surface area contributed by atoms with Crippen LogP contribution in [0.1, 0.15) is 36.0 Å². The van der Waals surface area contributed by atoms with Crippen molar-refractivity contribution in [3.63, 3.8) is 0 Å². The molecule has 5 amide bonds. The van der Waals surface area contributed by atoms with Crippen molar-refractivity contribution in [3.05, 3.63) is 29.8 Å². The minimum Gasteiger partial charge on any atom is -0.465 e. The minimum absolute atomic E-state index is 0.135. The molecule has 0 spiro atoms. The Kier molecular flexibility index (Phi) is 5.20. The van der Waals surface area contributed by atoms with E-state index in [1.165, 1.54) is 19.2 Å². The largest absolute Gasteiger partial charge is 0.465 e. The van der Waals surface area contributed by atoms with Gasteiger partial charge in [0, 0.05) is 6.04 Å².